The maximum absolute atomic E-state index is 10.6. The summed E-state index contributed by atoms with van der Waals surface area (Å²) in [5.74, 6) is 0. The van der Waals surface area contributed by atoms with Crippen molar-refractivity contribution in [1.29, 1.82) is 5.26 Å². The summed E-state index contributed by atoms with van der Waals surface area (Å²) in [6, 6.07) is 7.36. The predicted octanol–water partition coefficient (Wildman–Crippen LogP) is 2.22. The fraction of sp³-hybridized carbons (Fsp3) is 0.333. The number of nitriles is 1. The average Bonchev–Trinajstić information content (AvgIpc) is 2.30. The van der Waals surface area contributed by atoms with Crippen molar-refractivity contribution in [2.24, 2.45) is 0 Å². The summed E-state index contributed by atoms with van der Waals surface area (Å²) in [4.78, 5) is 12.8. The van der Waals surface area contributed by atoms with Gasteiger partial charge in [-0.2, -0.15) is 5.26 Å². The van der Waals surface area contributed by atoms with Crippen molar-refractivity contribution in [1.82, 2.24) is 0 Å². The lowest BCUT2D eigenvalue weighted by Crippen LogP contribution is -2.21. The molecule has 0 fully saturated rings. The molecule has 1 rings (SSSR count). The molecule has 0 aliphatic carbocycles. The maximum Gasteiger partial charge on any atom is 0.151 e. The zero-order valence-corrected chi connectivity index (χ0v) is 9.03. The Hall–Kier alpha value is -1.82. The van der Waals surface area contributed by atoms with Gasteiger partial charge in [0.05, 0.1) is 11.6 Å². The third-order valence-corrected chi connectivity index (χ3v) is 2.41. The molecule has 0 bridgehead atoms. The Morgan fingerprint density at radius 2 is 2.07 bits per heavy atom. The number of benzene rings is 1. The highest BCUT2D eigenvalue weighted by molar-refractivity contribution is 5.80. The molecule has 1 aromatic rings. The summed E-state index contributed by atoms with van der Waals surface area (Å²) in [6.45, 7) is 5.90. The van der Waals surface area contributed by atoms with Gasteiger partial charge < -0.3 is 4.90 Å². The van der Waals surface area contributed by atoms with E-state index < -0.39 is 0 Å². The minimum atomic E-state index is 0.439. The Morgan fingerprint density at radius 3 is 2.53 bits per heavy atom. The van der Waals surface area contributed by atoms with Crippen molar-refractivity contribution in [3.8, 4) is 6.07 Å². The zero-order valence-electron chi connectivity index (χ0n) is 9.03. The molecule has 0 atom stereocenters. The number of aldehydes is 1. The molecule has 1 aromatic carbocycles. The topological polar surface area (TPSA) is 44.1 Å². The van der Waals surface area contributed by atoms with Gasteiger partial charge in [-0.15, -0.1) is 0 Å². The summed E-state index contributed by atoms with van der Waals surface area (Å²) in [5.41, 5.74) is 1.88. The molecule has 0 amide bonds. The molecule has 3 heteroatoms. The molecule has 0 N–H and O–H groups in total. The van der Waals surface area contributed by atoms with Crippen LogP contribution < -0.4 is 4.90 Å². The molecule has 0 aliphatic heterocycles. The van der Waals surface area contributed by atoms with Gasteiger partial charge in [0, 0.05) is 24.3 Å². The molecule has 0 saturated carbocycles. The number of hydrogen-bond donors (Lipinski definition) is 0. The van der Waals surface area contributed by atoms with E-state index in [2.05, 4.69) is 18.7 Å². The number of carbonyl (C=O) groups excluding carboxylic acids is 1. The Morgan fingerprint density at radius 1 is 1.40 bits per heavy atom. The van der Waals surface area contributed by atoms with E-state index >= 15 is 0 Å². The van der Waals surface area contributed by atoms with E-state index in [1.807, 2.05) is 12.1 Å². The molecule has 0 radical (unpaired) electrons. The fourth-order valence-electron chi connectivity index (χ4n) is 1.53. The summed E-state index contributed by atoms with van der Waals surface area (Å²) >= 11 is 0. The molecule has 0 spiro atoms. The van der Waals surface area contributed by atoms with Crippen LogP contribution >= 0.6 is 0 Å². The Balaban J connectivity index is 3.14. The van der Waals surface area contributed by atoms with Gasteiger partial charge in [0.2, 0.25) is 0 Å². The van der Waals surface area contributed by atoms with E-state index in [-0.39, 0.29) is 0 Å². The second-order valence-corrected chi connectivity index (χ2v) is 3.17. The summed E-state index contributed by atoms with van der Waals surface area (Å²) < 4.78 is 0. The zero-order chi connectivity index (χ0) is 11.3. The van der Waals surface area contributed by atoms with Crippen LogP contribution in [0, 0.1) is 11.3 Å². The SMILES string of the molecule is CCN(CC)c1ccc(C=O)c(C#N)c1. The first-order valence-electron chi connectivity index (χ1n) is 5.01. The maximum atomic E-state index is 10.6. The molecule has 0 aliphatic rings. The van der Waals surface area contributed by atoms with E-state index in [4.69, 9.17) is 5.26 Å². The minimum Gasteiger partial charge on any atom is -0.372 e. The largest absolute Gasteiger partial charge is 0.372 e. The lowest BCUT2D eigenvalue weighted by atomic mass is 10.1. The fourth-order valence-corrected chi connectivity index (χ4v) is 1.53. The number of anilines is 1. The van der Waals surface area contributed by atoms with Crippen LogP contribution in [0.5, 0.6) is 0 Å². The van der Waals surface area contributed by atoms with Crippen LogP contribution in [0.2, 0.25) is 0 Å². The van der Waals surface area contributed by atoms with E-state index in [9.17, 15) is 4.79 Å². The van der Waals surface area contributed by atoms with Gasteiger partial charge in [0.25, 0.3) is 0 Å². The summed E-state index contributed by atoms with van der Waals surface area (Å²) in [7, 11) is 0. The molecule has 3 nitrogen and oxygen atoms in total. The van der Waals surface area contributed by atoms with Gasteiger partial charge in [0.15, 0.2) is 6.29 Å². The minimum absolute atomic E-state index is 0.439. The molecule has 78 valence electrons. The van der Waals surface area contributed by atoms with Gasteiger partial charge in [-0.1, -0.05) is 0 Å². The standard InChI is InChI=1S/C12H14N2O/c1-3-14(4-2)12-6-5-10(9-15)11(7-12)8-13/h5-7,9H,3-4H2,1-2H3. The third kappa shape index (κ3) is 2.35. The highest BCUT2D eigenvalue weighted by Crippen LogP contribution is 2.18. The van der Waals surface area contributed by atoms with Crippen LogP contribution in [-0.2, 0) is 0 Å². The van der Waals surface area contributed by atoms with E-state index in [0.29, 0.717) is 17.4 Å². The second kappa shape index (κ2) is 5.16. The van der Waals surface area contributed by atoms with Gasteiger partial charge in [0.1, 0.15) is 0 Å². The van der Waals surface area contributed by atoms with Crippen LogP contribution in [0.4, 0.5) is 5.69 Å². The monoisotopic (exact) mass is 202 g/mol. The quantitative estimate of drug-likeness (QED) is 0.703. The highest BCUT2D eigenvalue weighted by Gasteiger charge is 2.06. The van der Waals surface area contributed by atoms with Crippen LogP contribution in [-0.4, -0.2) is 19.4 Å². The number of rotatable bonds is 4. The number of carbonyl (C=O) groups is 1. The number of hydrogen-bond acceptors (Lipinski definition) is 3. The van der Waals surface area contributed by atoms with Crippen LogP contribution in [0.25, 0.3) is 0 Å². The van der Waals surface area contributed by atoms with Crippen molar-refractivity contribution in [3.63, 3.8) is 0 Å². The molecule has 0 saturated heterocycles. The van der Waals surface area contributed by atoms with Gasteiger partial charge in [-0.05, 0) is 32.0 Å². The second-order valence-electron chi connectivity index (χ2n) is 3.17. The average molecular weight is 202 g/mol. The lowest BCUT2D eigenvalue weighted by molar-refractivity contribution is 0.112. The lowest BCUT2D eigenvalue weighted by Gasteiger charge is -2.21. The van der Waals surface area contributed by atoms with Crippen molar-refractivity contribution in [3.05, 3.63) is 29.3 Å². The van der Waals surface area contributed by atoms with Crippen LogP contribution in [0.1, 0.15) is 29.8 Å². The van der Waals surface area contributed by atoms with E-state index in [1.54, 1.807) is 12.1 Å². The van der Waals surface area contributed by atoms with Crippen molar-refractivity contribution < 1.29 is 4.79 Å². The molecular formula is C12H14N2O. The molecular weight excluding hydrogens is 188 g/mol. The number of nitrogens with zero attached hydrogens (tertiary/aromatic N) is 2. The molecule has 0 unspecified atom stereocenters. The van der Waals surface area contributed by atoms with Crippen LogP contribution in [0.15, 0.2) is 18.2 Å². The Labute approximate surface area is 89.9 Å². The first-order valence-corrected chi connectivity index (χ1v) is 5.01. The van der Waals surface area contributed by atoms with Crippen LogP contribution in [0.3, 0.4) is 0 Å². The molecule has 15 heavy (non-hydrogen) atoms. The van der Waals surface area contributed by atoms with Gasteiger partial charge >= 0.3 is 0 Å². The first-order chi connectivity index (χ1) is 7.26. The van der Waals surface area contributed by atoms with Crippen molar-refractivity contribution >= 4 is 12.0 Å². The predicted molar refractivity (Wildman–Crippen MR) is 60.1 cm³/mol. The van der Waals surface area contributed by atoms with Crippen molar-refractivity contribution in [2.45, 2.75) is 13.8 Å². The van der Waals surface area contributed by atoms with Gasteiger partial charge in [-0.25, -0.2) is 0 Å². The van der Waals surface area contributed by atoms with Gasteiger partial charge in [-0.3, -0.25) is 4.79 Å². The Kier molecular flexibility index (Phi) is 3.87. The van der Waals surface area contributed by atoms with Crippen molar-refractivity contribution in [2.75, 3.05) is 18.0 Å². The molecule has 0 heterocycles. The normalized spacial score (nSPS) is 9.40. The first kappa shape index (κ1) is 11.3. The van der Waals surface area contributed by atoms with E-state index in [0.717, 1.165) is 18.8 Å². The highest BCUT2D eigenvalue weighted by atomic mass is 16.1. The van der Waals surface area contributed by atoms with E-state index in [1.165, 1.54) is 0 Å². The Bertz CT molecular complexity index is 389. The smallest absolute Gasteiger partial charge is 0.151 e. The molecule has 0 aromatic heterocycles. The third-order valence-electron chi connectivity index (χ3n) is 2.41. The summed E-state index contributed by atoms with van der Waals surface area (Å²) in [5, 5.41) is 8.87. The summed E-state index contributed by atoms with van der Waals surface area (Å²) in [6.07, 6.45) is 0.713.